The number of H-pyrrole nitrogens is 1. The number of aromatic amines is 1. The van der Waals surface area contributed by atoms with Crippen molar-refractivity contribution < 1.29 is 4.79 Å². The number of hydrogen-bond donors (Lipinski definition) is 2. The number of carbonyl (C=O) groups excluding carboxylic acids is 1. The van der Waals surface area contributed by atoms with Crippen LogP contribution in [0, 0.1) is 13.8 Å². The van der Waals surface area contributed by atoms with Crippen molar-refractivity contribution in [2.75, 3.05) is 6.54 Å². The molecule has 0 bridgehead atoms. The van der Waals surface area contributed by atoms with Gasteiger partial charge in [-0.2, -0.15) is 0 Å². The molecule has 9 nitrogen and oxygen atoms in total. The molecule has 3 aromatic rings. The Labute approximate surface area is 134 Å². The maximum atomic E-state index is 12.1. The Kier molecular flexibility index (Phi) is 4.15. The zero-order valence-corrected chi connectivity index (χ0v) is 13.5. The van der Waals surface area contributed by atoms with E-state index in [4.69, 9.17) is 0 Å². The van der Waals surface area contributed by atoms with Gasteiger partial charge in [-0.25, -0.2) is 9.67 Å². The highest BCUT2D eigenvalue weighted by molar-refractivity contribution is 7.18. The Morgan fingerprint density at radius 3 is 3.00 bits per heavy atom. The number of nitrogens with zero attached hydrogens (tertiary/aromatic N) is 5. The van der Waals surface area contributed by atoms with Crippen molar-refractivity contribution in [2.24, 2.45) is 0 Å². The number of amides is 1. The average Bonchev–Trinajstić information content (AvgIpc) is 3.08. The van der Waals surface area contributed by atoms with Crippen molar-refractivity contribution in [3.8, 4) is 0 Å². The number of hydrogen-bond acceptors (Lipinski definition) is 7. The van der Waals surface area contributed by atoms with Crippen LogP contribution in [-0.2, 0) is 17.8 Å². The van der Waals surface area contributed by atoms with E-state index < -0.39 is 0 Å². The van der Waals surface area contributed by atoms with Crippen LogP contribution in [0.25, 0.3) is 10.2 Å². The largest absolute Gasteiger partial charge is 0.354 e. The number of rotatable bonds is 5. The molecule has 0 radical (unpaired) electrons. The highest BCUT2D eigenvalue weighted by Crippen LogP contribution is 2.25. The summed E-state index contributed by atoms with van der Waals surface area (Å²) in [5, 5.41) is 13.9. The molecule has 0 saturated carbocycles. The van der Waals surface area contributed by atoms with Gasteiger partial charge in [0, 0.05) is 17.8 Å². The van der Waals surface area contributed by atoms with E-state index in [1.54, 1.807) is 0 Å². The van der Waals surface area contributed by atoms with Crippen LogP contribution in [0.5, 0.6) is 0 Å². The van der Waals surface area contributed by atoms with Crippen molar-refractivity contribution in [1.82, 2.24) is 35.5 Å². The van der Waals surface area contributed by atoms with Crippen molar-refractivity contribution in [3.05, 3.63) is 32.9 Å². The number of fused-ring (bicyclic) bond motifs is 1. The summed E-state index contributed by atoms with van der Waals surface area (Å²) in [6.45, 7) is 4.32. The van der Waals surface area contributed by atoms with Crippen molar-refractivity contribution in [1.29, 1.82) is 0 Å². The van der Waals surface area contributed by atoms with Gasteiger partial charge < -0.3 is 10.3 Å². The summed E-state index contributed by atoms with van der Waals surface area (Å²) < 4.78 is 1.33. The van der Waals surface area contributed by atoms with E-state index in [0.717, 1.165) is 15.3 Å². The topological polar surface area (TPSA) is 118 Å². The van der Waals surface area contributed by atoms with Crippen LogP contribution < -0.4 is 10.9 Å². The normalized spacial score (nSPS) is 11.0. The molecule has 3 rings (SSSR count). The fourth-order valence-electron chi connectivity index (χ4n) is 2.19. The third-order valence-corrected chi connectivity index (χ3v) is 4.57. The third-order valence-electron chi connectivity index (χ3n) is 3.47. The molecule has 0 saturated heterocycles. The van der Waals surface area contributed by atoms with Crippen LogP contribution in [0.4, 0.5) is 0 Å². The van der Waals surface area contributed by atoms with Crippen molar-refractivity contribution in [3.63, 3.8) is 0 Å². The third kappa shape index (κ3) is 3.26. The molecular weight excluding hydrogens is 318 g/mol. The molecular formula is C13H15N7O2S. The highest BCUT2D eigenvalue weighted by atomic mass is 32.1. The fraction of sp³-hybridized carbons (Fsp3) is 0.385. The van der Waals surface area contributed by atoms with E-state index in [9.17, 15) is 9.59 Å². The Bertz CT molecular complexity index is 897. The molecule has 0 atom stereocenters. The molecule has 120 valence electrons. The van der Waals surface area contributed by atoms with Crippen molar-refractivity contribution in [2.45, 2.75) is 26.8 Å². The van der Waals surface area contributed by atoms with Gasteiger partial charge in [0.15, 0.2) is 0 Å². The minimum Gasteiger partial charge on any atom is -0.354 e. The molecule has 3 aromatic heterocycles. The Morgan fingerprint density at radius 2 is 2.26 bits per heavy atom. The first-order valence-electron chi connectivity index (χ1n) is 7.01. The zero-order chi connectivity index (χ0) is 16.4. The Morgan fingerprint density at radius 1 is 1.43 bits per heavy atom. The van der Waals surface area contributed by atoms with Crippen LogP contribution >= 0.6 is 11.3 Å². The highest BCUT2D eigenvalue weighted by Gasteiger charge is 2.12. The summed E-state index contributed by atoms with van der Waals surface area (Å²) >= 11 is 1.51. The minimum atomic E-state index is -0.205. The van der Waals surface area contributed by atoms with Gasteiger partial charge in [-0.15, -0.1) is 16.4 Å². The minimum absolute atomic E-state index is 0.0549. The molecule has 0 aliphatic heterocycles. The SMILES string of the molecule is Cc1sc2nc(CCNC(=O)Cn3cnnn3)[nH]c(=O)c2c1C. The summed E-state index contributed by atoms with van der Waals surface area (Å²) in [5.74, 6) is 0.356. The van der Waals surface area contributed by atoms with Gasteiger partial charge in [-0.05, 0) is 29.8 Å². The summed E-state index contributed by atoms with van der Waals surface area (Å²) in [6.07, 6.45) is 1.82. The van der Waals surface area contributed by atoms with E-state index in [1.807, 2.05) is 13.8 Å². The number of aromatic nitrogens is 6. The van der Waals surface area contributed by atoms with E-state index in [0.29, 0.717) is 24.2 Å². The number of aryl methyl sites for hydroxylation is 2. The molecule has 0 aliphatic rings. The van der Waals surface area contributed by atoms with Gasteiger partial charge >= 0.3 is 0 Å². The molecule has 0 fully saturated rings. The maximum Gasteiger partial charge on any atom is 0.259 e. The second-order valence-corrected chi connectivity index (χ2v) is 6.29. The molecule has 0 unspecified atom stereocenters. The first kappa shape index (κ1) is 15.3. The number of nitrogens with one attached hydrogen (secondary N) is 2. The number of thiophene rings is 1. The van der Waals surface area contributed by atoms with Gasteiger partial charge in [0.25, 0.3) is 5.56 Å². The molecule has 23 heavy (non-hydrogen) atoms. The Balaban J connectivity index is 1.63. The molecule has 2 N–H and O–H groups in total. The lowest BCUT2D eigenvalue weighted by Crippen LogP contribution is -2.30. The standard InChI is InChI=1S/C13H15N7O2S/c1-7-8(2)23-13-11(7)12(22)16-9(17-13)3-4-14-10(21)5-20-6-15-18-19-20/h6H,3-5H2,1-2H3,(H,14,21)(H,16,17,22). The lowest BCUT2D eigenvalue weighted by molar-refractivity contribution is -0.121. The molecule has 10 heteroatoms. The molecule has 1 amide bonds. The van der Waals surface area contributed by atoms with E-state index in [1.165, 1.54) is 22.3 Å². The molecule has 3 heterocycles. The van der Waals surface area contributed by atoms with Crippen LogP contribution in [0.3, 0.4) is 0 Å². The summed E-state index contributed by atoms with van der Waals surface area (Å²) in [4.78, 5) is 32.9. The quantitative estimate of drug-likeness (QED) is 0.675. The number of carbonyl (C=O) groups is 1. The summed E-state index contributed by atoms with van der Waals surface area (Å²) in [7, 11) is 0. The van der Waals surface area contributed by atoms with Crippen LogP contribution in [-0.4, -0.2) is 42.6 Å². The molecule has 0 aliphatic carbocycles. The second-order valence-electron chi connectivity index (χ2n) is 5.08. The zero-order valence-electron chi connectivity index (χ0n) is 12.7. The first-order valence-corrected chi connectivity index (χ1v) is 7.82. The molecule has 0 aromatic carbocycles. The van der Waals surface area contributed by atoms with Gasteiger partial charge in [-0.3, -0.25) is 9.59 Å². The fourth-order valence-corrected chi connectivity index (χ4v) is 3.24. The van der Waals surface area contributed by atoms with Gasteiger partial charge in [0.1, 0.15) is 23.5 Å². The predicted molar refractivity (Wildman–Crippen MR) is 84.2 cm³/mol. The lowest BCUT2D eigenvalue weighted by Gasteiger charge is -2.04. The average molecular weight is 333 g/mol. The van der Waals surface area contributed by atoms with E-state index >= 15 is 0 Å². The van der Waals surface area contributed by atoms with Crippen LogP contribution in [0.2, 0.25) is 0 Å². The lowest BCUT2D eigenvalue weighted by atomic mass is 10.2. The summed E-state index contributed by atoms with van der Waals surface area (Å²) in [6, 6.07) is 0. The van der Waals surface area contributed by atoms with Crippen molar-refractivity contribution >= 4 is 27.5 Å². The second kappa shape index (κ2) is 6.24. The van der Waals surface area contributed by atoms with E-state index in [2.05, 4.69) is 30.8 Å². The van der Waals surface area contributed by atoms with Gasteiger partial charge in [-0.1, -0.05) is 0 Å². The smallest absolute Gasteiger partial charge is 0.259 e. The van der Waals surface area contributed by atoms with E-state index in [-0.39, 0.29) is 18.0 Å². The van der Waals surface area contributed by atoms with Crippen LogP contribution in [0.1, 0.15) is 16.3 Å². The Hall–Kier alpha value is -2.62. The van der Waals surface area contributed by atoms with Gasteiger partial charge in [0.2, 0.25) is 5.91 Å². The maximum absolute atomic E-state index is 12.1. The predicted octanol–water partition coefficient (Wildman–Crippen LogP) is -0.0532. The van der Waals surface area contributed by atoms with Gasteiger partial charge in [0.05, 0.1) is 5.39 Å². The molecule has 0 spiro atoms. The summed E-state index contributed by atoms with van der Waals surface area (Å²) in [5.41, 5.74) is 0.840. The first-order chi connectivity index (χ1) is 11.0. The van der Waals surface area contributed by atoms with Crippen LogP contribution in [0.15, 0.2) is 11.1 Å². The monoisotopic (exact) mass is 333 g/mol. The number of tetrazole rings is 1.